The average Bonchev–Trinajstić information content (AvgIpc) is 2.73. The first-order valence-electron chi connectivity index (χ1n) is 10.9. The van der Waals surface area contributed by atoms with E-state index in [2.05, 4.69) is 15.1 Å². The lowest BCUT2D eigenvalue weighted by Crippen LogP contribution is -2.37. The van der Waals surface area contributed by atoms with E-state index in [9.17, 15) is 9.18 Å². The third-order valence-electron chi connectivity index (χ3n) is 5.68. The molecule has 3 rings (SSSR count). The molecule has 6 heteroatoms. The summed E-state index contributed by atoms with van der Waals surface area (Å²) in [6.07, 6.45) is 8.58. The van der Waals surface area contributed by atoms with Gasteiger partial charge in [-0.1, -0.05) is 12.8 Å². The average molecular weight is 392 g/mol. The predicted octanol–water partition coefficient (Wildman–Crippen LogP) is 3.30. The van der Waals surface area contributed by atoms with Crippen molar-refractivity contribution in [3.05, 3.63) is 29.6 Å². The molecule has 2 aliphatic rings. The highest BCUT2D eigenvalue weighted by atomic mass is 19.1. The molecule has 0 radical (unpaired) electrons. The number of hydrogen-bond donors (Lipinski definition) is 1. The van der Waals surface area contributed by atoms with Crippen molar-refractivity contribution >= 4 is 5.91 Å². The van der Waals surface area contributed by atoms with Gasteiger partial charge in [0.2, 0.25) is 0 Å². The topological polar surface area (TPSA) is 44.8 Å². The number of carbonyl (C=O) groups excluding carboxylic acids is 1. The summed E-state index contributed by atoms with van der Waals surface area (Å²) in [4.78, 5) is 17.0. The second-order valence-corrected chi connectivity index (χ2v) is 7.90. The molecule has 156 valence electrons. The van der Waals surface area contributed by atoms with Crippen molar-refractivity contribution in [1.29, 1.82) is 0 Å². The lowest BCUT2D eigenvalue weighted by atomic mass is 10.1. The fourth-order valence-electron chi connectivity index (χ4n) is 4.04. The largest absolute Gasteiger partial charge is 0.493 e. The summed E-state index contributed by atoms with van der Waals surface area (Å²) in [5.41, 5.74) is 0.0827. The van der Waals surface area contributed by atoms with Crippen LogP contribution >= 0.6 is 0 Å². The molecule has 28 heavy (non-hydrogen) atoms. The third-order valence-corrected chi connectivity index (χ3v) is 5.68. The number of hydrogen-bond acceptors (Lipinski definition) is 4. The maximum absolute atomic E-state index is 14.3. The van der Waals surface area contributed by atoms with Crippen molar-refractivity contribution in [1.82, 2.24) is 15.1 Å². The van der Waals surface area contributed by atoms with Gasteiger partial charge in [-0.2, -0.15) is 0 Å². The van der Waals surface area contributed by atoms with Crippen molar-refractivity contribution in [3.63, 3.8) is 0 Å². The lowest BCUT2D eigenvalue weighted by Gasteiger charge is -2.26. The quantitative estimate of drug-likeness (QED) is 0.656. The molecule has 0 saturated carbocycles. The van der Waals surface area contributed by atoms with Crippen LogP contribution in [0.15, 0.2) is 18.2 Å². The second-order valence-electron chi connectivity index (χ2n) is 7.90. The molecule has 5 nitrogen and oxygen atoms in total. The van der Waals surface area contributed by atoms with Gasteiger partial charge in [-0.3, -0.25) is 4.79 Å². The first-order chi connectivity index (χ1) is 13.7. The van der Waals surface area contributed by atoms with Crippen LogP contribution in [0.2, 0.25) is 0 Å². The highest BCUT2D eigenvalue weighted by molar-refractivity contribution is 5.94. The molecule has 1 aromatic carbocycles. The molecule has 0 atom stereocenters. The Labute approximate surface area is 168 Å². The fraction of sp³-hybridized carbons (Fsp3) is 0.682. The predicted molar refractivity (Wildman–Crippen MR) is 109 cm³/mol. The Hall–Kier alpha value is -1.66. The van der Waals surface area contributed by atoms with Crippen molar-refractivity contribution in [2.24, 2.45) is 0 Å². The Balaban J connectivity index is 1.36. The van der Waals surface area contributed by atoms with E-state index in [0.29, 0.717) is 18.9 Å². The van der Waals surface area contributed by atoms with E-state index in [-0.39, 0.29) is 11.5 Å². The van der Waals surface area contributed by atoms with Crippen molar-refractivity contribution in [3.8, 4) is 5.75 Å². The highest BCUT2D eigenvalue weighted by Crippen LogP contribution is 2.17. The smallest absolute Gasteiger partial charge is 0.254 e. The first-order valence-corrected chi connectivity index (χ1v) is 10.9. The maximum Gasteiger partial charge on any atom is 0.254 e. The van der Waals surface area contributed by atoms with Crippen LogP contribution < -0.4 is 10.1 Å². The van der Waals surface area contributed by atoms with Crippen LogP contribution in [-0.4, -0.2) is 68.1 Å². The number of ether oxygens (including phenoxy) is 1. The summed E-state index contributed by atoms with van der Waals surface area (Å²) in [5.74, 6) is -0.392. The van der Waals surface area contributed by atoms with Gasteiger partial charge in [0.1, 0.15) is 11.6 Å². The lowest BCUT2D eigenvalue weighted by molar-refractivity contribution is 0.0942. The summed E-state index contributed by atoms with van der Waals surface area (Å²) in [5, 5.41) is 2.83. The van der Waals surface area contributed by atoms with Gasteiger partial charge < -0.3 is 19.9 Å². The molecular formula is C22H34FN3O2. The minimum Gasteiger partial charge on any atom is -0.493 e. The summed E-state index contributed by atoms with van der Waals surface area (Å²) in [7, 11) is 0. The molecule has 1 amide bonds. The van der Waals surface area contributed by atoms with Crippen LogP contribution in [0.3, 0.4) is 0 Å². The van der Waals surface area contributed by atoms with Gasteiger partial charge in [-0.15, -0.1) is 0 Å². The van der Waals surface area contributed by atoms with E-state index in [1.165, 1.54) is 63.7 Å². The minimum atomic E-state index is -0.524. The fourth-order valence-corrected chi connectivity index (χ4v) is 4.04. The van der Waals surface area contributed by atoms with Crippen LogP contribution in [0.5, 0.6) is 5.75 Å². The number of likely N-dealkylation sites (tertiary alicyclic amines) is 2. The molecule has 0 aromatic heterocycles. The summed E-state index contributed by atoms with van der Waals surface area (Å²) < 4.78 is 20.0. The Morgan fingerprint density at radius 2 is 1.61 bits per heavy atom. The van der Waals surface area contributed by atoms with E-state index in [1.807, 2.05) is 0 Å². The zero-order valence-electron chi connectivity index (χ0n) is 16.9. The molecule has 0 spiro atoms. The summed E-state index contributed by atoms with van der Waals surface area (Å²) in [6.45, 7) is 7.50. The van der Waals surface area contributed by atoms with Gasteiger partial charge in [0.25, 0.3) is 5.91 Å². The molecule has 2 saturated heterocycles. The van der Waals surface area contributed by atoms with Crippen molar-refractivity contribution in [2.75, 3.05) is 52.4 Å². The van der Waals surface area contributed by atoms with E-state index in [4.69, 9.17) is 4.74 Å². The Morgan fingerprint density at radius 1 is 0.964 bits per heavy atom. The van der Waals surface area contributed by atoms with Gasteiger partial charge in [-0.25, -0.2) is 4.39 Å². The van der Waals surface area contributed by atoms with Crippen LogP contribution in [0.4, 0.5) is 4.39 Å². The van der Waals surface area contributed by atoms with Crippen molar-refractivity contribution in [2.45, 2.75) is 44.9 Å². The zero-order valence-corrected chi connectivity index (χ0v) is 16.9. The minimum absolute atomic E-state index is 0.0827. The number of benzene rings is 1. The highest BCUT2D eigenvalue weighted by Gasteiger charge is 2.14. The maximum atomic E-state index is 14.3. The number of halogens is 1. The van der Waals surface area contributed by atoms with Gasteiger partial charge in [-0.05, 0) is 70.4 Å². The SMILES string of the molecule is O=C(NCCN1CCCCC1)c1ccc(OCCCN2CCCCC2)cc1F. The molecule has 2 aliphatic heterocycles. The number of nitrogens with zero attached hydrogens (tertiary/aromatic N) is 2. The molecule has 2 heterocycles. The zero-order chi connectivity index (χ0) is 19.6. The Bertz CT molecular complexity index is 614. The van der Waals surface area contributed by atoms with E-state index >= 15 is 0 Å². The van der Waals surface area contributed by atoms with Crippen LogP contribution in [0, 0.1) is 5.82 Å². The number of piperidine rings is 2. The normalized spacial score (nSPS) is 18.8. The van der Waals surface area contributed by atoms with Crippen LogP contribution in [-0.2, 0) is 0 Å². The van der Waals surface area contributed by atoms with Crippen molar-refractivity contribution < 1.29 is 13.9 Å². The number of amides is 1. The number of nitrogens with one attached hydrogen (secondary N) is 1. The molecule has 0 bridgehead atoms. The van der Waals surface area contributed by atoms with E-state index in [1.54, 1.807) is 6.07 Å². The molecule has 1 aromatic rings. The van der Waals surface area contributed by atoms with Crippen LogP contribution in [0.25, 0.3) is 0 Å². The van der Waals surface area contributed by atoms with E-state index < -0.39 is 5.82 Å². The van der Waals surface area contributed by atoms with Gasteiger partial charge in [0.15, 0.2) is 0 Å². The Morgan fingerprint density at radius 3 is 2.25 bits per heavy atom. The van der Waals surface area contributed by atoms with E-state index in [0.717, 1.165) is 32.6 Å². The molecule has 2 fully saturated rings. The number of carbonyl (C=O) groups is 1. The van der Waals surface area contributed by atoms with Gasteiger partial charge in [0.05, 0.1) is 12.2 Å². The van der Waals surface area contributed by atoms with Crippen LogP contribution in [0.1, 0.15) is 55.3 Å². The molecule has 0 aliphatic carbocycles. The van der Waals surface area contributed by atoms with Gasteiger partial charge in [0, 0.05) is 25.7 Å². The Kier molecular flexibility index (Phi) is 8.55. The molecular weight excluding hydrogens is 357 g/mol. The second kappa shape index (κ2) is 11.4. The summed E-state index contributed by atoms with van der Waals surface area (Å²) in [6, 6.07) is 4.52. The first kappa shape index (κ1) is 21.1. The monoisotopic (exact) mass is 391 g/mol. The summed E-state index contributed by atoms with van der Waals surface area (Å²) >= 11 is 0. The van der Waals surface area contributed by atoms with Gasteiger partial charge >= 0.3 is 0 Å². The standard InChI is InChI=1S/C22H34FN3O2/c23-21-18-19(28-17-7-15-25-11-3-1-4-12-25)8-9-20(21)22(27)24-10-16-26-13-5-2-6-14-26/h8-9,18H,1-7,10-17H2,(H,24,27). The molecule has 0 unspecified atom stereocenters. The number of rotatable bonds is 9. The third kappa shape index (κ3) is 6.74. The molecule has 1 N–H and O–H groups in total.